The molecule has 0 saturated heterocycles. The highest BCUT2D eigenvalue weighted by Gasteiger charge is 2.27. The Morgan fingerprint density at radius 1 is 1.39 bits per heavy atom. The maximum atomic E-state index is 11.6. The van der Waals surface area contributed by atoms with Crippen molar-refractivity contribution in [3.8, 4) is 0 Å². The molecule has 1 unspecified atom stereocenters. The average Bonchev–Trinajstić information content (AvgIpc) is 2.75. The first kappa shape index (κ1) is 14.5. The third kappa shape index (κ3) is 4.37. The molecule has 1 heterocycles. The van der Waals surface area contributed by atoms with E-state index in [1.54, 1.807) is 32.9 Å². The number of ether oxygens (including phenoxy) is 2. The molecule has 1 N–H and O–H groups in total. The van der Waals surface area contributed by atoms with Crippen LogP contribution in [0, 0.1) is 0 Å². The molecule has 0 fully saturated rings. The fourth-order valence-electron chi connectivity index (χ4n) is 1.24. The van der Waals surface area contributed by atoms with Gasteiger partial charge in [0.25, 0.3) is 0 Å². The molecule has 1 amide bonds. The van der Waals surface area contributed by atoms with Crippen LogP contribution in [0.25, 0.3) is 0 Å². The van der Waals surface area contributed by atoms with E-state index in [-0.39, 0.29) is 0 Å². The van der Waals surface area contributed by atoms with Gasteiger partial charge in [0.15, 0.2) is 6.04 Å². The number of rotatable bonds is 3. The maximum Gasteiger partial charge on any atom is 0.408 e. The van der Waals surface area contributed by atoms with Crippen LogP contribution in [-0.2, 0) is 14.3 Å². The van der Waals surface area contributed by atoms with Crippen molar-refractivity contribution in [2.45, 2.75) is 32.4 Å². The van der Waals surface area contributed by atoms with Gasteiger partial charge in [0, 0.05) is 4.88 Å². The number of hydrogen-bond acceptors (Lipinski definition) is 5. The quantitative estimate of drug-likeness (QED) is 0.858. The molecule has 18 heavy (non-hydrogen) atoms. The molecular weight excluding hydrogens is 254 g/mol. The minimum absolute atomic E-state index is 0.525. The third-order valence-corrected chi connectivity index (χ3v) is 2.86. The van der Waals surface area contributed by atoms with Crippen molar-refractivity contribution in [3.63, 3.8) is 0 Å². The molecule has 1 atom stereocenters. The van der Waals surface area contributed by atoms with Crippen LogP contribution in [0.3, 0.4) is 0 Å². The summed E-state index contributed by atoms with van der Waals surface area (Å²) < 4.78 is 9.77. The zero-order valence-corrected chi connectivity index (χ0v) is 11.7. The van der Waals surface area contributed by atoms with Crippen LogP contribution in [0.5, 0.6) is 0 Å². The van der Waals surface area contributed by atoms with E-state index in [2.05, 4.69) is 10.1 Å². The lowest BCUT2D eigenvalue weighted by molar-refractivity contribution is -0.143. The van der Waals surface area contributed by atoms with Gasteiger partial charge in [-0.1, -0.05) is 6.07 Å². The molecule has 0 saturated carbocycles. The van der Waals surface area contributed by atoms with Crippen molar-refractivity contribution in [1.82, 2.24) is 5.32 Å². The first-order valence-corrected chi connectivity index (χ1v) is 6.32. The number of thiophene rings is 1. The minimum atomic E-state index is -0.829. The van der Waals surface area contributed by atoms with Crippen LogP contribution in [0.2, 0.25) is 0 Å². The lowest BCUT2D eigenvalue weighted by Crippen LogP contribution is -2.38. The lowest BCUT2D eigenvalue weighted by atomic mass is 10.2. The Morgan fingerprint density at radius 3 is 2.50 bits per heavy atom. The molecule has 0 aromatic carbocycles. The summed E-state index contributed by atoms with van der Waals surface area (Å²) in [6, 6.07) is 2.72. The molecule has 0 bridgehead atoms. The highest BCUT2D eigenvalue weighted by molar-refractivity contribution is 7.10. The molecule has 0 aliphatic carbocycles. The van der Waals surface area contributed by atoms with E-state index in [1.165, 1.54) is 18.4 Å². The molecule has 0 aliphatic heterocycles. The number of hydrogen-bond donors (Lipinski definition) is 1. The van der Waals surface area contributed by atoms with Gasteiger partial charge in [-0.05, 0) is 32.2 Å². The van der Waals surface area contributed by atoms with Crippen molar-refractivity contribution >= 4 is 23.4 Å². The van der Waals surface area contributed by atoms with Gasteiger partial charge in [0.05, 0.1) is 7.11 Å². The molecule has 5 nitrogen and oxygen atoms in total. The molecule has 6 heteroatoms. The van der Waals surface area contributed by atoms with Crippen molar-refractivity contribution < 1.29 is 19.1 Å². The minimum Gasteiger partial charge on any atom is -0.467 e. The van der Waals surface area contributed by atoms with Gasteiger partial charge in [-0.2, -0.15) is 0 Å². The second-order valence-corrected chi connectivity index (χ2v) is 5.60. The van der Waals surface area contributed by atoms with Gasteiger partial charge in [0.2, 0.25) is 0 Å². The number of alkyl carbamates (subject to hydrolysis) is 1. The summed E-state index contributed by atoms with van der Waals surface area (Å²) in [5.74, 6) is -0.525. The Morgan fingerprint density at radius 2 is 2.06 bits per heavy atom. The number of carbonyl (C=O) groups is 2. The van der Waals surface area contributed by atoms with Gasteiger partial charge < -0.3 is 14.8 Å². The smallest absolute Gasteiger partial charge is 0.408 e. The maximum absolute atomic E-state index is 11.6. The Kier molecular flexibility index (Phi) is 4.72. The summed E-state index contributed by atoms with van der Waals surface area (Å²) >= 11 is 1.36. The number of amides is 1. The fourth-order valence-corrected chi connectivity index (χ4v) is 2.01. The largest absolute Gasteiger partial charge is 0.467 e. The zero-order chi connectivity index (χ0) is 13.8. The Balaban J connectivity index is 2.75. The zero-order valence-electron chi connectivity index (χ0n) is 10.9. The lowest BCUT2D eigenvalue weighted by Gasteiger charge is -2.22. The topological polar surface area (TPSA) is 64.6 Å². The predicted octanol–water partition coefficient (Wildman–Crippen LogP) is 2.49. The Bertz CT molecular complexity index is 408. The van der Waals surface area contributed by atoms with Crippen LogP contribution >= 0.6 is 11.3 Å². The molecule has 1 rings (SSSR count). The standard InChI is InChI=1S/C12H17NO4S/c1-12(2,3)17-11(15)13-9(10(14)16-4)8-6-5-7-18-8/h5-7,9H,1-4H3,(H,13,15). The summed E-state index contributed by atoms with van der Waals surface area (Å²) in [5.41, 5.74) is -0.611. The summed E-state index contributed by atoms with van der Waals surface area (Å²) in [6.45, 7) is 5.26. The highest BCUT2D eigenvalue weighted by Crippen LogP contribution is 2.20. The van der Waals surface area contributed by atoms with E-state index in [0.29, 0.717) is 4.88 Å². The number of nitrogens with one attached hydrogen (secondary N) is 1. The van der Waals surface area contributed by atoms with Crippen molar-refractivity contribution in [3.05, 3.63) is 22.4 Å². The second-order valence-electron chi connectivity index (χ2n) is 4.62. The van der Waals surface area contributed by atoms with E-state index in [9.17, 15) is 9.59 Å². The van der Waals surface area contributed by atoms with Crippen LogP contribution in [-0.4, -0.2) is 24.8 Å². The summed E-state index contributed by atoms with van der Waals surface area (Å²) in [4.78, 5) is 24.0. The average molecular weight is 271 g/mol. The second kappa shape index (κ2) is 5.86. The predicted molar refractivity (Wildman–Crippen MR) is 68.4 cm³/mol. The van der Waals surface area contributed by atoms with E-state index >= 15 is 0 Å². The molecule has 0 spiro atoms. The first-order valence-electron chi connectivity index (χ1n) is 5.44. The van der Waals surface area contributed by atoms with E-state index in [0.717, 1.165) is 0 Å². The van der Waals surface area contributed by atoms with Crippen LogP contribution in [0.4, 0.5) is 4.79 Å². The number of methoxy groups -OCH3 is 1. The molecule has 1 aromatic rings. The fraction of sp³-hybridized carbons (Fsp3) is 0.500. The van der Waals surface area contributed by atoms with Gasteiger partial charge in [-0.25, -0.2) is 9.59 Å². The highest BCUT2D eigenvalue weighted by atomic mass is 32.1. The van der Waals surface area contributed by atoms with Crippen molar-refractivity contribution in [2.75, 3.05) is 7.11 Å². The number of esters is 1. The molecule has 1 aromatic heterocycles. The summed E-state index contributed by atoms with van der Waals surface area (Å²) in [5, 5.41) is 4.32. The van der Waals surface area contributed by atoms with Crippen molar-refractivity contribution in [1.29, 1.82) is 0 Å². The van der Waals surface area contributed by atoms with Gasteiger partial charge in [-0.3, -0.25) is 0 Å². The first-order chi connectivity index (χ1) is 8.33. The molecule has 0 aliphatic rings. The van der Waals surface area contributed by atoms with E-state index in [4.69, 9.17) is 4.74 Å². The summed E-state index contributed by atoms with van der Waals surface area (Å²) in [6.07, 6.45) is -0.647. The monoisotopic (exact) mass is 271 g/mol. The van der Waals surface area contributed by atoms with Crippen LogP contribution in [0.15, 0.2) is 17.5 Å². The Labute approximate surface area is 110 Å². The van der Waals surface area contributed by atoms with Crippen molar-refractivity contribution in [2.24, 2.45) is 0 Å². The van der Waals surface area contributed by atoms with Gasteiger partial charge >= 0.3 is 12.1 Å². The molecular formula is C12H17NO4S. The van der Waals surface area contributed by atoms with Gasteiger partial charge in [-0.15, -0.1) is 11.3 Å². The van der Waals surface area contributed by atoms with E-state index in [1.807, 2.05) is 5.38 Å². The Hall–Kier alpha value is -1.56. The summed E-state index contributed by atoms with van der Waals surface area (Å²) in [7, 11) is 1.28. The molecule has 0 radical (unpaired) electrons. The third-order valence-electron chi connectivity index (χ3n) is 1.93. The van der Waals surface area contributed by atoms with Crippen LogP contribution < -0.4 is 5.32 Å². The number of carbonyl (C=O) groups excluding carboxylic acids is 2. The SMILES string of the molecule is COC(=O)C(NC(=O)OC(C)(C)C)c1cccs1. The van der Waals surface area contributed by atoms with E-state index < -0.39 is 23.7 Å². The van der Waals surface area contributed by atoms with Gasteiger partial charge in [0.1, 0.15) is 5.60 Å². The normalized spacial score (nSPS) is 12.7. The molecule has 100 valence electrons. The van der Waals surface area contributed by atoms with Crippen LogP contribution in [0.1, 0.15) is 31.7 Å².